The maximum absolute atomic E-state index is 5.91. The monoisotopic (exact) mass is 240 g/mol. The summed E-state index contributed by atoms with van der Waals surface area (Å²) in [6, 6.07) is 0. The number of nitrogens with zero attached hydrogens (tertiary/aromatic N) is 1. The van der Waals surface area contributed by atoms with Crippen LogP contribution in [0.15, 0.2) is 5.38 Å². The van der Waals surface area contributed by atoms with Crippen molar-refractivity contribution in [3.8, 4) is 0 Å². The number of hydrogen-bond acceptors (Lipinski definition) is 4. The molecule has 0 aromatic carbocycles. The lowest BCUT2D eigenvalue weighted by Gasteiger charge is -2.19. The van der Waals surface area contributed by atoms with Gasteiger partial charge in [-0.15, -0.1) is 11.3 Å². The van der Waals surface area contributed by atoms with Gasteiger partial charge in [0.25, 0.3) is 0 Å². The van der Waals surface area contributed by atoms with E-state index < -0.39 is 0 Å². The van der Waals surface area contributed by atoms with E-state index in [0.717, 1.165) is 36.6 Å². The average Bonchev–Trinajstić information content (AvgIpc) is 2.73. The molecule has 0 bridgehead atoms. The van der Waals surface area contributed by atoms with Gasteiger partial charge in [-0.1, -0.05) is 0 Å². The standard InChI is InChI=1S/C12H20N2OS/c1-9-8-16-11(14-9)7-13-6-10-4-5-12(2,3)15-10/h8,10,13H,4-7H2,1-3H3. The van der Waals surface area contributed by atoms with Crippen LogP contribution in [0.4, 0.5) is 0 Å². The Balaban J connectivity index is 1.69. The summed E-state index contributed by atoms with van der Waals surface area (Å²) in [6.45, 7) is 8.15. The van der Waals surface area contributed by atoms with Crippen LogP contribution >= 0.6 is 11.3 Å². The quantitative estimate of drug-likeness (QED) is 0.878. The number of nitrogens with one attached hydrogen (secondary N) is 1. The molecule has 2 rings (SSSR count). The van der Waals surface area contributed by atoms with Crippen molar-refractivity contribution >= 4 is 11.3 Å². The van der Waals surface area contributed by atoms with Gasteiger partial charge in [0, 0.05) is 24.2 Å². The number of hydrogen-bond donors (Lipinski definition) is 1. The lowest BCUT2D eigenvalue weighted by molar-refractivity contribution is -0.0142. The fraction of sp³-hybridized carbons (Fsp3) is 0.750. The van der Waals surface area contributed by atoms with Crippen LogP contribution in [-0.4, -0.2) is 23.2 Å². The molecule has 90 valence electrons. The number of aromatic nitrogens is 1. The Morgan fingerprint density at radius 3 is 3.00 bits per heavy atom. The van der Waals surface area contributed by atoms with Crippen molar-refractivity contribution in [2.45, 2.75) is 51.9 Å². The normalized spacial score (nSPS) is 23.8. The molecule has 1 fully saturated rings. The average molecular weight is 240 g/mol. The van der Waals surface area contributed by atoms with E-state index in [0.29, 0.717) is 6.10 Å². The van der Waals surface area contributed by atoms with Gasteiger partial charge < -0.3 is 10.1 Å². The third-order valence-electron chi connectivity index (χ3n) is 2.87. The third-order valence-corrected chi connectivity index (χ3v) is 3.84. The fourth-order valence-corrected chi connectivity index (χ4v) is 2.79. The maximum atomic E-state index is 5.91. The first-order valence-corrected chi connectivity index (χ1v) is 6.73. The highest BCUT2D eigenvalue weighted by atomic mass is 32.1. The second-order valence-corrected chi connectivity index (χ2v) is 5.99. The Labute approximate surface area is 101 Å². The number of ether oxygens (including phenoxy) is 1. The van der Waals surface area contributed by atoms with Crippen molar-refractivity contribution in [1.82, 2.24) is 10.3 Å². The first kappa shape index (κ1) is 12.0. The van der Waals surface area contributed by atoms with Crippen LogP contribution in [0.3, 0.4) is 0 Å². The highest BCUT2D eigenvalue weighted by molar-refractivity contribution is 7.09. The Bertz CT molecular complexity index is 349. The first-order chi connectivity index (χ1) is 7.55. The molecule has 0 saturated carbocycles. The summed E-state index contributed by atoms with van der Waals surface area (Å²) in [5.74, 6) is 0. The Morgan fingerprint density at radius 1 is 1.62 bits per heavy atom. The first-order valence-electron chi connectivity index (χ1n) is 5.85. The number of rotatable bonds is 4. The van der Waals surface area contributed by atoms with Gasteiger partial charge in [-0.25, -0.2) is 4.98 Å². The molecule has 1 aliphatic rings. The number of aryl methyl sites for hydroxylation is 1. The van der Waals surface area contributed by atoms with Gasteiger partial charge in [-0.2, -0.15) is 0 Å². The highest BCUT2D eigenvalue weighted by Crippen LogP contribution is 2.28. The summed E-state index contributed by atoms with van der Waals surface area (Å²) in [6.07, 6.45) is 2.70. The summed E-state index contributed by atoms with van der Waals surface area (Å²) < 4.78 is 5.91. The summed E-state index contributed by atoms with van der Waals surface area (Å²) in [5, 5.41) is 6.67. The maximum Gasteiger partial charge on any atom is 0.107 e. The minimum Gasteiger partial charge on any atom is -0.371 e. The predicted octanol–water partition coefficient (Wildman–Crippen LogP) is 2.50. The van der Waals surface area contributed by atoms with E-state index in [4.69, 9.17) is 4.74 Å². The van der Waals surface area contributed by atoms with Crippen molar-refractivity contribution in [3.63, 3.8) is 0 Å². The van der Waals surface area contributed by atoms with Crippen LogP contribution in [0.1, 0.15) is 37.4 Å². The van der Waals surface area contributed by atoms with Crippen LogP contribution in [0.5, 0.6) is 0 Å². The van der Waals surface area contributed by atoms with E-state index in [-0.39, 0.29) is 5.60 Å². The molecule has 1 unspecified atom stereocenters. The molecule has 1 aromatic rings. The Hall–Kier alpha value is -0.450. The molecule has 16 heavy (non-hydrogen) atoms. The molecule has 0 amide bonds. The lowest BCUT2D eigenvalue weighted by atomic mass is 10.1. The number of thiazole rings is 1. The summed E-state index contributed by atoms with van der Waals surface area (Å²) >= 11 is 1.72. The van der Waals surface area contributed by atoms with Gasteiger partial charge >= 0.3 is 0 Å². The van der Waals surface area contributed by atoms with Crippen molar-refractivity contribution in [3.05, 3.63) is 16.1 Å². The second kappa shape index (κ2) is 4.82. The van der Waals surface area contributed by atoms with Crippen molar-refractivity contribution in [1.29, 1.82) is 0 Å². The molecule has 1 aromatic heterocycles. The van der Waals surface area contributed by atoms with Gasteiger partial charge in [0.1, 0.15) is 5.01 Å². The van der Waals surface area contributed by atoms with Crippen molar-refractivity contribution < 1.29 is 4.74 Å². The predicted molar refractivity (Wildman–Crippen MR) is 66.7 cm³/mol. The fourth-order valence-electron chi connectivity index (χ4n) is 2.05. The van der Waals surface area contributed by atoms with Crippen LogP contribution in [0, 0.1) is 6.92 Å². The zero-order valence-corrected chi connectivity index (χ0v) is 11.1. The van der Waals surface area contributed by atoms with E-state index in [1.54, 1.807) is 11.3 Å². The molecular formula is C12H20N2OS. The minimum atomic E-state index is 0.0735. The Kier molecular flexibility index (Phi) is 3.62. The SMILES string of the molecule is Cc1csc(CNCC2CCC(C)(C)O2)n1. The Morgan fingerprint density at radius 2 is 2.44 bits per heavy atom. The van der Waals surface area contributed by atoms with Crippen molar-refractivity contribution in [2.75, 3.05) is 6.54 Å². The summed E-state index contributed by atoms with van der Waals surface area (Å²) in [4.78, 5) is 4.42. The van der Waals surface area contributed by atoms with Gasteiger partial charge in [0.05, 0.1) is 11.7 Å². The van der Waals surface area contributed by atoms with E-state index in [9.17, 15) is 0 Å². The zero-order chi connectivity index (χ0) is 11.6. The van der Waals surface area contributed by atoms with Gasteiger partial charge in [0.2, 0.25) is 0 Å². The van der Waals surface area contributed by atoms with E-state index in [2.05, 4.69) is 29.5 Å². The molecule has 0 aliphatic carbocycles. The van der Waals surface area contributed by atoms with E-state index in [1.165, 1.54) is 0 Å². The molecule has 2 heterocycles. The summed E-state index contributed by atoms with van der Waals surface area (Å²) in [7, 11) is 0. The van der Waals surface area contributed by atoms with Crippen molar-refractivity contribution in [2.24, 2.45) is 0 Å². The van der Waals surface area contributed by atoms with E-state index >= 15 is 0 Å². The molecule has 1 aliphatic heterocycles. The van der Waals surface area contributed by atoms with Crippen LogP contribution in [-0.2, 0) is 11.3 Å². The van der Waals surface area contributed by atoms with E-state index in [1.807, 2.05) is 6.92 Å². The molecule has 1 saturated heterocycles. The molecule has 1 atom stereocenters. The highest BCUT2D eigenvalue weighted by Gasteiger charge is 2.31. The smallest absolute Gasteiger partial charge is 0.107 e. The van der Waals surface area contributed by atoms with Gasteiger partial charge in [-0.05, 0) is 33.6 Å². The van der Waals surface area contributed by atoms with Gasteiger partial charge in [-0.3, -0.25) is 0 Å². The molecule has 3 nitrogen and oxygen atoms in total. The molecule has 1 N–H and O–H groups in total. The molecule has 4 heteroatoms. The molecule has 0 spiro atoms. The van der Waals surface area contributed by atoms with Crippen LogP contribution in [0.2, 0.25) is 0 Å². The largest absolute Gasteiger partial charge is 0.371 e. The topological polar surface area (TPSA) is 34.1 Å². The minimum absolute atomic E-state index is 0.0735. The zero-order valence-electron chi connectivity index (χ0n) is 10.2. The van der Waals surface area contributed by atoms with Gasteiger partial charge in [0.15, 0.2) is 0 Å². The lowest BCUT2D eigenvalue weighted by Crippen LogP contribution is -2.29. The molecular weight excluding hydrogens is 220 g/mol. The molecule has 0 radical (unpaired) electrons. The second-order valence-electron chi connectivity index (χ2n) is 5.05. The van der Waals surface area contributed by atoms with Crippen LogP contribution < -0.4 is 5.32 Å². The van der Waals surface area contributed by atoms with Crippen LogP contribution in [0.25, 0.3) is 0 Å². The summed E-state index contributed by atoms with van der Waals surface area (Å²) in [5.41, 5.74) is 1.18. The third kappa shape index (κ3) is 3.27.